The molecular formula is C20H26N4O2S. The molecular weight excluding hydrogens is 360 g/mol. The minimum atomic E-state index is -0.272. The second-order valence-electron chi connectivity index (χ2n) is 7.76. The van der Waals surface area contributed by atoms with Gasteiger partial charge in [-0.25, -0.2) is 4.98 Å². The Balaban J connectivity index is 1.42. The molecule has 2 amide bonds. The van der Waals surface area contributed by atoms with Gasteiger partial charge in [0.2, 0.25) is 11.8 Å². The summed E-state index contributed by atoms with van der Waals surface area (Å²) in [6, 6.07) is 2.46. The Hall–Kier alpha value is -2.15. The van der Waals surface area contributed by atoms with Crippen LogP contribution in [0.4, 0.5) is 5.13 Å². The fourth-order valence-corrected chi connectivity index (χ4v) is 4.97. The van der Waals surface area contributed by atoms with Gasteiger partial charge in [0.25, 0.3) is 0 Å². The molecule has 0 bridgehead atoms. The van der Waals surface area contributed by atoms with Crippen molar-refractivity contribution in [3.63, 3.8) is 0 Å². The van der Waals surface area contributed by atoms with E-state index in [1.54, 1.807) is 0 Å². The third kappa shape index (κ3) is 3.40. The number of hydrogen-bond acceptors (Lipinski definition) is 4. The van der Waals surface area contributed by atoms with E-state index in [1.807, 2.05) is 17.3 Å². The van der Waals surface area contributed by atoms with Gasteiger partial charge in [0.05, 0.1) is 11.6 Å². The molecule has 7 heteroatoms. The van der Waals surface area contributed by atoms with Crippen LogP contribution >= 0.6 is 11.3 Å². The number of amides is 2. The molecule has 2 aliphatic rings. The lowest BCUT2D eigenvalue weighted by Gasteiger charge is -2.23. The average Bonchev–Trinajstić information content (AvgIpc) is 3.40. The number of carbonyl (C=O) groups excluding carboxylic acids is 2. The average molecular weight is 387 g/mol. The van der Waals surface area contributed by atoms with E-state index in [0.29, 0.717) is 24.1 Å². The van der Waals surface area contributed by atoms with Crippen molar-refractivity contribution >= 4 is 28.3 Å². The van der Waals surface area contributed by atoms with Gasteiger partial charge in [-0.15, -0.1) is 11.3 Å². The molecule has 4 rings (SSSR count). The molecule has 0 radical (unpaired) electrons. The van der Waals surface area contributed by atoms with E-state index < -0.39 is 0 Å². The van der Waals surface area contributed by atoms with Crippen LogP contribution in [0.5, 0.6) is 0 Å². The number of aromatic nitrogens is 2. The molecule has 0 spiro atoms. The molecule has 1 saturated heterocycles. The van der Waals surface area contributed by atoms with Crippen molar-refractivity contribution in [2.24, 2.45) is 13.0 Å². The number of likely N-dealkylation sites (tertiary alicyclic amines) is 1. The van der Waals surface area contributed by atoms with Crippen LogP contribution in [0, 0.1) is 19.8 Å². The van der Waals surface area contributed by atoms with Crippen molar-refractivity contribution in [2.75, 3.05) is 11.9 Å². The summed E-state index contributed by atoms with van der Waals surface area (Å²) >= 11 is 1.43. The molecule has 1 N–H and O–H groups in total. The number of thiazole rings is 1. The summed E-state index contributed by atoms with van der Waals surface area (Å²) in [6.45, 7) is 4.69. The highest BCUT2D eigenvalue weighted by Gasteiger charge is 2.38. The minimum Gasteiger partial charge on any atom is -0.351 e. The second kappa shape index (κ2) is 7.11. The lowest BCUT2D eigenvalue weighted by Crippen LogP contribution is -2.35. The van der Waals surface area contributed by atoms with Crippen molar-refractivity contribution in [3.8, 4) is 11.3 Å². The van der Waals surface area contributed by atoms with Crippen molar-refractivity contribution in [1.29, 1.82) is 0 Å². The molecule has 1 aliphatic heterocycles. The molecule has 27 heavy (non-hydrogen) atoms. The van der Waals surface area contributed by atoms with Gasteiger partial charge >= 0.3 is 0 Å². The van der Waals surface area contributed by atoms with E-state index in [-0.39, 0.29) is 17.7 Å². The lowest BCUT2D eigenvalue weighted by molar-refractivity contribution is -0.129. The zero-order valence-electron chi connectivity index (χ0n) is 16.1. The van der Waals surface area contributed by atoms with Gasteiger partial charge in [-0.05, 0) is 32.8 Å². The Labute approximate surface area is 163 Å². The summed E-state index contributed by atoms with van der Waals surface area (Å²) in [6.07, 6.45) is 4.84. The number of rotatable bonds is 4. The normalized spacial score (nSPS) is 20.6. The van der Waals surface area contributed by atoms with E-state index in [2.05, 4.69) is 34.8 Å². The maximum Gasteiger partial charge on any atom is 0.231 e. The molecule has 1 aliphatic carbocycles. The topological polar surface area (TPSA) is 67.2 Å². The van der Waals surface area contributed by atoms with E-state index in [4.69, 9.17) is 0 Å². The quantitative estimate of drug-likeness (QED) is 0.875. The molecule has 144 valence electrons. The maximum atomic E-state index is 12.7. The van der Waals surface area contributed by atoms with Gasteiger partial charge < -0.3 is 14.8 Å². The minimum absolute atomic E-state index is 0.0919. The van der Waals surface area contributed by atoms with Crippen molar-refractivity contribution in [2.45, 2.75) is 52.0 Å². The third-order valence-corrected chi connectivity index (χ3v) is 6.84. The van der Waals surface area contributed by atoms with Gasteiger partial charge in [0.1, 0.15) is 0 Å². The standard InChI is InChI=1S/C20H26N4O2S/c1-12-8-16(13(2)23(12)3)17-11-27-20(21-17)22-19(26)14-9-18(25)24(10-14)15-6-4-5-7-15/h8,11,14-15H,4-7,9-10H2,1-3H3,(H,21,22,26). The maximum absolute atomic E-state index is 12.7. The highest BCUT2D eigenvalue weighted by atomic mass is 32.1. The Morgan fingerprint density at radius 3 is 2.70 bits per heavy atom. The van der Waals surface area contributed by atoms with Crippen LogP contribution in [-0.4, -0.2) is 38.9 Å². The smallest absolute Gasteiger partial charge is 0.231 e. The van der Waals surface area contributed by atoms with Gasteiger partial charge in [0, 0.05) is 48.4 Å². The van der Waals surface area contributed by atoms with E-state index in [1.165, 1.54) is 29.9 Å². The first kappa shape index (κ1) is 18.2. The molecule has 1 atom stereocenters. The van der Waals surface area contributed by atoms with Gasteiger partial charge in [-0.2, -0.15) is 0 Å². The summed E-state index contributed by atoms with van der Waals surface area (Å²) < 4.78 is 2.13. The molecule has 0 aromatic carbocycles. The van der Waals surface area contributed by atoms with Crippen LogP contribution in [0.25, 0.3) is 11.3 Å². The van der Waals surface area contributed by atoms with Gasteiger partial charge in [-0.1, -0.05) is 12.8 Å². The van der Waals surface area contributed by atoms with Gasteiger partial charge in [0.15, 0.2) is 5.13 Å². The number of nitrogens with zero attached hydrogens (tertiary/aromatic N) is 3. The zero-order valence-corrected chi connectivity index (χ0v) is 16.9. The number of anilines is 1. The second-order valence-corrected chi connectivity index (χ2v) is 8.61. The van der Waals surface area contributed by atoms with Crippen molar-refractivity contribution in [1.82, 2.24) is 14.5 Å². The number of nitrogens with one attached hydrogen (secondary N) is 1. The molecule has 2 aromatic heterocycles. The largest absolute Gasteiger partial charge is 0.351 e. The van der Waals surface area contributed by atoms with E-state index >= 15 is 0 Å². The summed E-state index contributed by atoms with van der Waals surface area (Å²) in [5, 5.41) is 5.50. The van der Waals surface area contributed by atoms with Crippen LogP contribution in [0.1, 0.15) is 43.5 Å². The van der Waals surface area contributed by atoms with E-state index in [0.717, 1.165) is 29.8 Å². The monoisotopic (exact) mass is 386 g/mol. The zero-order chi connectivity index (χ0) is 19.1. The summed E-state index contributed by atoms with van der Waals surface area (Å²) in [5.74, 6) is -0.242. The molecule has 2 fully saturated rings. The summed E-state index contributed by atoms with van der Waals surface area (Å²) in [5.41, 5.74) is 4.31. The first-order chi connectivity index (χ1) is 12.9. The van der Waals surface area contributed by atoms with Crippen LogP contribution in [0.3, 0.4) is 0 Å². The Bertz CT molecular complexity index is 879. The molecule has 6 nitrogen and oxygen atoms in total. The lowest BCUT2D eigenvalue weighted by atomic mass is 10.1. The SMILES string of the molecule is Cc1cc(-c2csc(NC(=O)C3CC(=O)N(C4CCCC4)C3)n2)c(C)n1C. The Morgan fingerprint density at radius 2 is 2.04 bits per heavy atom. The van der Waals surface area contributed by atoms with Crippen molar-refractivity contribution in [3.05, 3.63) is 22.8 Å². The number of carbonyl (C=O) groups is 2. The van der Waals surface area contributed by atoms with Crippen LogP contribution in [-0.2, 0) is 16.6 Å². The third-order valence-electron chi connectivity index (χ3n) is 6.08. The fourth-order valence-electron chi connectivity index (χ4n) is 4.25. The van der Waals surface area contributed by atoms with Crippen LogP contribution in [0.2, 0.25) is 0 Å². The molecule has 2 aromatic rings. The Kier molecular flexibility index (Phi) is 4.80. The van der Waals surface area contributed by atoms with Crippen molar-refractivity contribution < 1.29 is 9.59 Å². The fraction of sp³-hybridized carbons (Fsp3) is 0.550. The van der Waals surface area contributed by atoms with Gasteiger partial charge in [-0.3, -0.25) is 9.59 Å². The first-order valence-electron chi connectivity index (χ1n) is 9.63. The highest BCUT2D eigenvalue weighted by molar-refractivity contribution is 7.14. The van der Waals surface area contributed by atoms with Crippen LogP contribution < -0.4 is 5.32 Å². The summed E-state index contributed by atoms with van der Waals surface area (Å²) in [4.78, 5) is 31.5. The Morgan fingerprint density at radius 1 is 1.30 bits per heavy atom. The first-order valence-corrected chi connectivity index (χ1v) is 10.5. The molecule has 3 heterocycles. The summed E-state index contributed by atoms with van der Waals surface area (Å²) in [7, 11) is 2.04. The predicted molar refractivity (Wildman–Crippen MR) is 107 cm³/mol. The number of aryl methyl sites for hydroxylation is 1. The number of hydrogen-bond donors (Lipinski definition) is 1. The van der Waals surface area contributed by atoms with Crippen LogP contribution in [0.15, 0.2) is 11.4 Å². The van der Waals surface area contributed by atoms with E-state index in [9.17, 15) is 9.59 Å². The molecule has 1 unspecified atom stereocenters. The predicted octanol–water partition coefficient (Wildman–Crippen LogP) is 3.50. The molecule has 1 saturated carbocycles. The highest BCUT2D eigenvalue weighted by Crippen LogP contribution is 2.32.